The zero-order valence-corrected chi connectivity index (χ0v) is 15.1. The van der Waals surface area contributed by atoms with Crippen molar-refractivity contribution in [1.29, 1.82) is 0 Å². The van der Waals surface area contributed by atoms with Crippen LogP contribution in [0.4, 0.5) is 0 Å². The number of amides is 1. The first-order chi connectivity index (χ1) is 12.5. The van der Waals surface area contributed by atoms with Crippen molar-refractivity contribution in [3.63, 3.8) is 0 Å². The van der Waals surface area contributed by atoms with Crippen LogP contribution in [0.25, 0.3) is 0 Å². The molecule has 1 aliphatic rings. The van der Waals surface area contributed by atoms with Crippen molar-refractivity contribution in [1.82, 2.24) is 14.5 Å². The molecule has 0 unspecified atom stereocenters. The van der Waals surface area contributed by atoms with Gasteiger partial charge in [-0.2, -0.15) is 0 Å². The fraction of sp³-hybridized carbons (Fsp3) is 0.474. The van der Waals surface area contributed by atoms with Crippen LogP contribution >= 0.6 is 0 Å². The molecule has 1 aliphatic heterocycles. The van der Waals surface area contributed by atoms with Crippen LogP contribution < -0.4 is 10.5 Å². The standard InChI is InChI=1S/C19H26N4O3/c1-15-2-3-16(12-17(15)26-11-6-20)18(24)23-8-4-19(25,5-9-23)13-22-10-7-21-14-22/h2-3,7,10,12,14,25H,4-6,8-9,11,13,20H2,1H3. The molecule has 0 saturated carbocycles. The maximum atomic E-state index is 12.8. The highest BCUT2D eigenvalue weighted by molar-refractivity contribution is 5.94. The SMILES string of the molecule is Cc1ccc(C(=O)N2CCC(O)(Cn3ccnc3)CC2)cc1OCCN. The first-order valence-corrected chi connectivity index (χ1v) is 8.92. The molecule has 3 N–H and O–H groups in total. The second kappa shape index (κ2) is 7.88. The number of piperidine rings is 1. The van der Waals surface area contributed by atoms with Gasteiger partial charge in [-0.15, -0.1) is 0 Å². The molecule has 2 aromatic rings. The van der Waals surface area contributed by atoms with E-state index in [0.717, 1.165) is 5.56 Å². The Morgan fingerprint density at radius 3 is 2.81 bits per heavy atom. The average molecular weight is 358 g/mol. The van der Waals surface area contributed by atoms with Crippen LogP contribution in [0.3, 0.4) is 0 Å². The summed E-state index contributed by atoms with van der Waals surface area (Å²) in [6.07, 6.45) is 6.32. The summed E-state index contributed by atoms with van der Waals surface area (Å²) in [6.45, 7) is 4.34. The van der Waals surface area contributed by atoms with Crippen molar-refractivity contribution < 1.29 is 14.6 Å². The Balaban J connectivity index is 1.63. The highest BCUT2D eigenvalue weighted by atomic mass is 16.5. The smallest absolute Gasteiger partial charge is 0.253 e. The molecule has 0 spiro atoms. The normalized spacial score (nSPS) is 16.5. The number of carbonyl (C=O) groups excluding carboxylic acids is 1. The quantitative estimate of drug-likeness (QED) is 0.809. The number of likely N-dealkylation sites (tertiary alicyclic amines) is 1. The molecule has 1 aromatic heterocycles. The monoisotopic (exact) mass is 358 g/mol. The van der Waals surface area contributed by atoms with Crippen molar-refractivity contribution in [2.75, 3.05) is 26.2 Å². The molecule has 0 radical (unpaired) electrons. The van der Waals surface area contributed by atoms with E-state index in [1.54, 1.807) is 23.5 Å². The van der Waals surface area contributed by atoms with E-state index >= 15 is 0 Å². The van der Waals surface area contributed by atoms with Crippen molar-refractivity contribution in [2.45, 2.75) is 31.9 Å². The van der Waals surface area contributed by atoms with Crippen molar-refractivity contribution in [2.24, 2.45) is 5.73 Å². The van der Waals surface area contributed by atoms with Gasteiger partial charge in [0, 0.05) is 37.6 Å². The van der Waals surface area contributed by atoms with Gasteiger partial charge < -0.3 is 25.0 Å². The Hall–Kier alpha value is -2.38. The molecule has 2 heterocycles. The summed E-state index contributed by atoms with van der Waals surface area (Å²) in [7, 11) is 0. The number of hydrogen-bond acceptors (Lipinski definition) is 5. The Morgan fingerprint density at radius 2 is 2.15 bits per heavy atom. The summed E-state index contributed by atoms with van der Waals surface area (Å²) in [5, 5.41) is 10.8. The maximum absolute atomic E-state index is 12.8. The first-order valence-electron chi connectivity index (χ1n) is 8.92. The molecule has 0 aliphatic carbocycles. The van der Waals surface area contributed by atoms with E-state index in [1.807, 2.05) is 29.8 Å². The Kier molecular flexibility index (Phi) is 5.58. The third kappa shape index (κ3) is 4.23. The van der Waals surface area contributed by atoms with E-state index < -0.39 is 5.60 Å². The second-order valence-corrected chi connectivity index (χ2v) is 6.87. The van der Waals surface area contributed by atoms with Crippen LogP contribution in [-0.2, 0) is 6.54 Å². The number of nitrogens with two attached hydrogens (primary N) is 1. The summed E-state index contributed by atoms with van der Waals surface area (Å²) < 4.78 is 7.49. The second-order valence-electron chi connectivity index (χ2n) is 6.87. The molecular weight excluding hydrogens is 332 g/mol. The fourth-order valence-electron chi connectivity index (χ4n) is 3.24. The molecular formula is C19H26N4O3. The van der Waals surface area contributed by atoms with E-state index in [1.165, 1.54) is 0 Å². The number of aliphatic hydroxyl groups is 1. The summed E-state index contributed by atoms with van der Waals surface area (Å²) >= 11 is 0. The lowest BCUT2D eigenvalue weighted by Gasteiger charge is -2.38. The Labute approximate surface area is 153 Å². The van der Waals surface area contributed by atoms with Crippen molar-refractivity contribution in [3.8, 4) is 5.75 Å². The minimum Gasteiger partial charge on any atom is -0.492 e. The lowest BCUT2D eigenvalue weighted by atomic mass is 9.91. The van der Waals surface area contributed by atoms with Crippen LogP contribution in [0.1, 0.15) is 28.8 Å². The van der Waals surface area contributed by atoms with Gasteiger partial charge >= 0.3 is 0 Å². The fourth-order valence-corrected chi connectivity index (χ4v) is 3.24. The zero-order valence-electron chi connectivity index (χ0n) is 15.1. The topological polar surface area (TPSA) is 93.6 Å². The van der Waals surface area contributed by atoms with E-state index in [9.17, 15) is 9.90 Å². The number of ether oxygens (including phenoxy) is 1. The van der Waals surface area contributed by atoms with E-state index in [0.29, 0.717) is 56.9 Å². The van der Waals surface area contributed by atoms with Gasteiger partial charge in [-0.25, -0.2) is 4.98 Å². The molecule has 0 bridgehead atoms. The van der Waals surface area contributed by atoms with Crippen molar-refractivity contribution >= 4 is 5.91 Å². The molecule has 0 atom stereocenters. The van der Waals surface area contributed by atoms with Crippen molar-refractivity contribution in [3.05, 3.63) is 48.0 Å². The van der Waals surface area contributed by atoms with Crippen LogP contribution in [0.15, 0.2) is 36.9 Å². The number of nitrogens with zero attached hydrogens (tertiary/aromatic N) is 3. The number of aromatic nitrogens is 2. The number of carbonyl (C=O) groups is 1. The maximum Gasteiger partial charge on any atom is 0.253 e. The average Bonchev–Trinajstić information content (AvgIpc) is 3.13. The lowest BCUT2D eigenvalue weighted by molar-refractivity contribution is -0.0292. The van der Waals surface area contributed by atoms with Crippen LogP contribution in [0.5, 0.6) is 5.75 Å². The zero-order chi connectivity index (χ0) is 18.6. The van der Waals surface area contributed by atoms with E-state index in [-0.39, 0.29) is 5.91 Å². The molecule has 140 valence electrons. The summed E-state index contributed by atoms with van der Waals surface area (Å²) in [5.41, 5.74) is 6.26. The largest absolute Gasteiger partial charge is 0.492 e. The summed E-state index contributed by atoms with van der Waals surface area (Å²) in [5.74, 6) is 0.655. The third-order valence-corrected chi connectivity index (χ3v) is 4.83. The molecule has 7 nitrogen and oxygen atoms in total. The molecule has 1 aromatic carbocycles. The lowest BCUT2D eigenvalue weighted by Crippen LogP contribution is -2.48. The molecule has 1 amide bonds. The van der Waals surface area contributed by atoms with Gasteiger partial charge in [-0.3, -0.25) is 4.79 Å². The molecule has 1 fully saturated rings. The molecule has 1 saturated heterocycles. The molecule has 3 rings (SSSR count). The number of rotatable bonds is 6. The highest BCUT2D eigenvalue weighted by Gasteiger charge is 2.34. The number of hydrogen-bond donors (Lipinski definition) is 2. The summed E-state index contributed by atoms with van der Waals surface area (Å²) in [6, 6.07) is 5.48. The van der Waals surface area contributed by atoms with Gasteiger partial charge in [0.05, 0.1) is 18.5 Å². The Morgan fingerprint density at radius 1 is 1.38 bits per heavy atom. The minimum absolute atomic E-state index is 0.0349. The number of imidazole rings is 1. The van der Waals surface area contributed by atoms with Gasteiger partial charge in [0.1, 0.15) is 12.4 Å². The number of aryl methyl sites for hydroxylation is 1. The predicted molar refractivity (Wildman–Crippen MR) is 98.0 cm³/mol. The van der Waals surface area contributed by atoms with Gasteiger partial charge in [-0.1, -0.05) is 6.07 Å². The van der Waals surface area contributed by atoms with Gasteiger partial charge in [0.2, 0.25) is 0 Å². The number of benzene rings is 1. The molecule has 26 heavy (non-hydrogen) atoms. The summed E-state index contributed by atoms with van der Waals surface area (Å²) in [4.78, 5) is 18.6. The van der Waals surface area contributed by atoms with Gasteiger partial charge in [0.15, 0.2) is 0 Å². The van der Waals surface area contributed by atoms with E-state index in [4.69, 9.17) is 10.5 Å². The molecule has 7 heteroatoms. The van der Waals surface area contributed by atoms with Gasteiger partial charge in [0.25, 0.3) is 5.91 Å². The van der Waals surface area contributed by atoms with Crippen LogP contribution in [0, 0.1) is 6.92 Å². The highest BCUT2D eigenvalue weighted by Crippen LogP contribution is 2.26. The third-order valence-electron chi connectivity index (χ3n) is 4.83. The van der Waals surface area contributed by atoms with Gasteiger partial charge in [-0.05, 0) is 37.5 Å². The first kappa shape index (κ1) is 18.4. The van der Waals surface area contributed by atoms with E-state index in [2.05, 4.69) is 4.98 Å². The van der Waals surface area contributed by atoms with Crippen LogP contribution in [-0.4, -0.2) is 57.3 Å². The predicted octanol–water partition coefficient (Wildman–Crippen LogP) is 1.20. The van der Waals surface area contributed by atoms with Crippen LogP contribution in [0.2, 0.25) is 0 Å². The minimum atomic E-state index is -0.805. The Bertz CT molecular complexity index is 737.